The van der Waals surface area contributed by atoms with Gasteiger partial charge in [-0.05, 0) is 74.5 Å². The van der Waals surface area contributed by atoms with Gasteiger partial charge in [-0.2, -0.15) is 0 Å². The molecule has 1 unspecified atom stereocenters. The molecule has 1 N–H and O–H groups in total. The van der Waals surface area contributed by atoms with Crippen molar-refractivity contribution in [2.45, 2.75) is 25.7 Å². The van der Waals surface area contributed by atoms with E-state index in [2.05, 4.69) is 10.2 Å². The first-order valence-corrected chi connectivity index (χ1v) is 11.4. The van der Waals surface area contributed by atoms with E-state index in [9.17, 15) is 19.7 Å². The number of nitro benzene ring substituents is 1. The first kappa shape index (κ1) is 23.7. The maximum Gasteiger partial charge on any atom is 0.269 e. The fourth-order valence-electron chi connectivity index (χ4n) is 4.94. The van der Waals surface area contributed by atoms with Crippen molar-refractivity contribution in [3.05, 3.63) is 57.6 Å². The minimum Gasteiger partial charge on any atom is -0.493 e. The highest BCUT2D eigenvalue weighted by Gasteiger charge is 2.34. The Kier molecular flexibility index (Phi) is 7.12. The van der Waals surface area contributed by atoms with E-state index in [1.54, 1.807) is 20.3 Å². The molecule has 1 heterocycles. The van der Waals surface area contributed by atoms with Gasteiger partial charge in [0.2, 0.25) is 5.91 Å². The van der Waals surface area contributed by atoms with Crippen LogP contribution in [0.2, 0.25) is 0 Å². The van der Waals surface area contributed by atoms with Gasteiger partial charge < -0.3 is 14.8 Å². The van der Waals surface area contributed by atoms with E-state index in [0.29, 0.717) is 23.1 Å². The van der Waals surface area contributed by atoms with Gasteiger partial charge in [0.15, 0.2) is 17.3 Å². The maximum absolute atomic E-state index is 13.0. The fourth-order valence-corrected chi connectivity index (χ4v) is 4.94. The van der Waals surface area contributed by atoms with Crippen LogP contribution in [0.3, 0.4) is 0 Å². The summed E-state index contributed by atoms with van der Waals surface area (Å²) in [5, 5.41) is 13.5. The van der Waals surface area contributed by atoms with Crippen molar-refractivity contribution < 1.29 is 24.0 Å². The molecule has 0 aromatic heterocycles. The van der Waals surface area contributed by atoms with Crippen molar-refractivity contribution in [1.29, 1.82) is 0 Å². The zero-order valence-corrected chi connectivity index (χ0v) is 19.4. The SMILES string of the molecule is COc1cc2c(cc1OC)C(=O)C(CC1CCN(CC(=O)Nc3ccc([N+](=O)[O-])cc3)CC1)C2. The quantitative estimate of drug-likeness (QED) is 0.465. The number of nitro groups is 1. The number of likely N-dealkylation sites (tertiary alicyclic amines) is 1. The topological polar surface area (TPSA) is 111 Å². The lowest BCUT2D eigenvalue weighted by Gasteiger charge is -2.32. The lowest BCUT2D eigenvalue weighted by atomic mass is 9.85. The van der Waals surface area contributed by atoms with Gasteiger partial charge in [-0.25, -0.2) is 0 Å². The molecule has 1 amide bonds. The number of anilines is 1. The van der Waals surface area contributed by atoms with E-state index in [1.807, 2.05) is 6.07 Å². The minimum absolute atomic E-state index is 0.0119. The number of nitrogens with one attached hydrogen (secondary N) is 1. The number of benzene rings is 2. The molecule has 2 aliphatic rings. The van der Waals surface area contributed by atoms with Crippen LogP contribution in [0.4, 0.5) is 11.4 Å². The molecule has 34 heavy (non-hydrogen) atoms. The van der Waals surface area contributed by atoms with E-state index >= 15 is 0 Å². The third-order valence-corrected chi connectivity index (χ3v) is 6.77. The molecule has 9 nitrogen and oxygen atoms in total. The molecule has 1 aliphatic carbocycles. The third kappa shape index (κ3) is 5.20. The number of rotatable bonds is 8. The summed E-state index contributed by atoms with van der Waals surface area (Å²) in [5.74, 6) is 1.69. The number of carbonyl (C=O) groups excluding carboxylic acids is 2. The van der Waals surface area contributed by atoms with Crippen LogP contribution < -0.4 is 14.8 Å². The summed E-state index contributed by atoms with van der Waals surface area (Å²) < 4.78 is 10.7. The van der Waals surface area contributed by atoms with E-state index < -0.39 is 4.92 Å². The number of methoxy groups -OCH3 is 2. The predicted molar refractivity (Wildman–Crippen MR) is 127 cm³/mol. The first-order chi connectivity index (χ1) is 16.4. The van der Waals surface area contributed by atoms with Gasteiger partial charge in [0.05, 0.1) is 25.7 Å². The van der Waals surface area contributed by atoms with Gasteiger partial charge in [0.1, 0.15) is 0 Å². The van der Waals surface area contributed by atoms with Gasteiger partial charge >= 0.3 is 0 Å². The molecule has 0 radical (unpaired) electrons. The van der Waals surface area contributed by atoms with E-state index in [4.69, 9.17) is 9.47 Å². The molecule has 180 valence electrons. The van der Waals surface area contributed by atoms with Crippen LogP contribution in [-0.2, 0) is 11.2 Å². The average molecular weight is 468 g/mol. The number of Topliss-reactive ketones (excluding diaryl/α,β-unsaturated/α-hetero) is 1. The molecular formula is C25H29N3O6. The number of amides is 1. The number of nitrogens with zero attached hydrogens (tertiary/aromatic N) is 2. The van der Waals surface area contributed by atoms with Crippen LogP contribution in [0.15, 0.2) is 36.4 Å². The number of hydrogen-bond donors (Lipinski definition) is 1. The summed E-state index contributed by atoms with van der Waals surface area (Å²) in [6, 6.07) is 9.51. The molecule has 4 rings (SSSR count). The van der Waals surface area contributed by atoms with Crippen LogP contribution in [0.5, 0.6) is 11.5 Å². The van der Waals surface area contributed by atoms with Crippen molar-refractivity contribution in [2.24, 2.45) is 11.8 Å². The highest BCUT2D eigenvalue weighted by Crippen LogP contribution is 2.39. The van der Waals surface area contributed by atoms with E-state index in [1.165, 1.54) is 24.3 Å². The van der Waals surface area contributed by atoms with Crippen molar-refractivity contribution in [1.82, 2.24) is 4.90 Å². The summed E-state index contributed by atoms with van der Waals surface area (Å²) in [6.45, 7) is 1.87. The Morgan fingerprint density at radius 3 is 2.38 bits per heavy atom. The molecule has 0 bridgehead atoms. The highest BCUT2D eigenvalue weighted by atomic mass is 16.6. The monoisotopic (exact) mass is 467 g/mol. The molecule has 9 heteroatoms. The second kappa shape index (κ2) is 10.2. The number of fused-ring (bicyclic) bond motifs is 1. The number of hydrogen-bond acceptors (Lipinski definition) is 7. The molecule has 0 spiro atoms. The summed E-state index contributed by atoms with van der Waals surface area (Å²) >= 11 is 0. The Labute approximate surface area is 198 Å². The summed E-state index contributed by atoms with van der Waals surface area (Å²) in [5.41, 5.74) is 2.29. The summed E-state index contributed by atoms with van der Waals surface area (Å²) in [4.78, 5) is 37.7. The van der Waals surface area contributed by atoms with Crippen LogP contribution in [0.1, 0.15) is 35.2 Å². The summed E-state index contributed by atoms with van der Waals surface area (Å²) in [6.07, 6.45) is 3.46. The number of ether oxygens (including phenoxy) is 2. The van der Waals surface area contributed by atoms with Crippen LogP contribution in [0, 0.1) is 22.0 Å². The van der Waals surface area contributed by atoms with Crippen molar-refractivity contribution >= 4 is 23.1 Å². The number of carbonyl (C=O) groups is 2. The number of ketones is 1. The van der Waals surface area contributed by atoms with Gasteiger partial charge in [-0.1, -0.05) is 0 Å². The van der Waals surface area contributed by atoms with Crippen LogP contribution in [-0.4, -0.2) is 55.4 Å². The third-order valence-electron chi connectivity index (χ3n) is 6.77. The van der Waals surface area contributed by atoms with Crippen LogP contribution >= 0.6 is 0 Å². The Morgan fingerprint density at radius 2 is 1.76 bits per heavy atom. The standard InChI is InChI=1S/C25H29N3O6/c1-33-22-13-17-12-18(25(30)21(17)14-23(22)34-2)11-16-7-9-27(10-8-16)15-24(29)26-19-3-5-20(6-4-19)28(31)32/h3-6,13-14,16,18H,7-12,15H2,1-2H3,(H,26,29). The van der Waals surface area contributed by atoms with Crippen molar-refractivity contribution in [2.75, 3.05) is 39.2 Å². The number of non-ortho nitro benzene ring substituents is 1. The molecule has 0 saturated carbocycles. The van der Waals surface area contributed by atoms with Gasteiger partial charge in [-0.3, -0.25) is 24.6 Å². The molecule has 1 saturated heterocycles. The number of piperidine rings is 1. The molecule has 1 atom stereocenters. The smallest absolute Gasteiger partial charge is 0.269 e. The molecule has 1 fully saturated rings. The first-order valence-electron chi connectivity index (χ1n) is 11.4. The Bertz CT molecular complexity index is 1080. The fraction of sp³-hybridized carbons (Fsp3) is 0.440. The minimum atomic E-state index is -0.471. The highest BCUT2D eigenvalue weighted by molar-refractivity contribution is 6.03. The lowest BCUT2D eigenvalue weighted by molar-refractivity contribution is -0.384. The lowest BCUT2D eigenvalue weighted by Crippen LogP contribution is -2.39. The zero-order valence-electron chi connectivity index (χ0n) is 19.4. The van der Waals surface area contributed by atoms with Crippen LogP contribution in [0.25, 0.3) is 0 Å². The largest absolute Gasteiger partial charge is 0.493 e. The predicted octanol–water partition coefficient (Wildman–Crippen LogP) is 3.71. The molecular weight excluding hydrogens is 438 g/mol. The normalized spacial score (nSPS) is 18.4. The Balaban J connectivity index is 1.25. The second-order valence-electron chi connectivity index (χ2n) is 8.94. The molecule has 2 aromatic rings. The molecule has 2 aromatic carbocycles. The van der Waals surface area contributed by atoms with Gasteiger partial charge in [0.25, 0.3) is 5.69 Å². The Morgan fingerprint density at radius 1 is 1.12 bits per heavy atom. The summed E-state index contributed by atoms with van der Waals surface area (Å²) in [7, 11) is 3.17. The zero-order chi connectivity index (χ0) is 24.2. The maximum atomic E-state index is 13.0. The second-order valence-corrected chi connectivity index (χ2v) is 8.94. The van der Waals surface area contributed by atoms with Crippen molar-refractivity contribution in [3.63, 3.8) is 0 Å². The van der Waals surface area contributed by atoms with Gasteiger partial charge in [0, 0.05) is 29.3 Å². The van der Waals surface area contributed by atoms with E-state index in [-0.39, 0.29) is 29.8 Å². The van der Waals surface area contributed by atoms with Crippen molar-refractivity contribution in [3.8, 4) is 11.5 Å². The molecule has 1 aliphatic heterocycles. The van der Waals surface area contributed by atoms with Gasteiger partial charge in [-0.15, -0.1) is 0 Å². The van der Waals surface area contributed by atoms with E-state index in [0.717, 1.165) is 49.9 Å². The average Bonchev–Trinajstić information content (AvgIpc) is 3.13. The Hall–Kier alpha value is -3.46.